The zero-order chi connectivity index (χ0) is 15.5. The van der Waals surface area contributed by atoms with Crippen molar-refractivity contribution in [2.75, 3.05) is 17.2 Å². The van der Waals surface area contributed by atoms with Gasteiger partial charge in [0.25, 0.3) is 5.56 Å². The number of fused-ring (bicyclic) bond motifs is 1. The minimum absolute atomic E-state index is 0.160. The summed E-state index contributed by atoms with van der Waals surface area (Å²) < 4.78 is 1.31. The molecule has 114 valence electrons. The van der Waals surface area contributed by atoms with Crippen molar-refractivity contribution in [1.82, 2.24) is 19.6 Å². The molecular weight excluding hydrogens is 300 g/mol. The predicted molar refractivity (Wildman–Crippen MR) is 88.2 cm³/mol. The van der Waals surface area contributed by atoms with Crippen LogP contribution >= 0.6 is 11.3 Å². The molecule has 3 aromatic rings. The van der Waals surface area contributed by atoms with E-state index < -0.39 is 0 Å². The first-order chi connectivity index (χ1) is 10.7. The third-order valence-corrected chi connectivity index (χ3v) is 3.86. The Balaban J connectivity index is 1.87. The van der Waals surface area contributed by atoms with Crippen LogP contribution in [0.4, 0.5) is 16.6 Å². The lowest BCUT2D eigenvalue weighted by Crippen LogP contribution is -2.15. The highest BCUT2D eigenvalue weighted by atomic mass is 32.1. The first kappa shape index (κ1) is 14.5. The van der Waals surface area contributed by atoms with Crippen LogP contribution in [0.3, 0.4) is 0 Å². The summed E-state index contributed by atoms with van der Waals surface area (Å²) in [6.07, 6.45) is 2.44. The standard InChI is InChI=1S/C14H16N6OS/c1-3-9-7-12(21)20-14(18-9)22-13(19-20)17-10-5-6-11(15-4-2)16-8-10/h5-8H,3-4H2,1-2H3,(H,15,16)(H,17,19). The SMILES string of the molecule is CCNc1ccc(Nc2nn3c(=O)cc(CC)nc3s2)cn1. The molecule has 0 saturated heterocycles. The molecule has 8 heteroatoms. The average molecular weight is 316 g/mol. The molecule has 22 heavy (non-hydrogen) atoms. The number of rotatable bonds is 5. The maximum Gasteiger partial charge on any atom is 0.275 e. The van der Waals surface area contributed by atoms with Gasteiger partial charge in [-0.15, -0.1) is 5.10 Å². The van der Waals surface area contributed by atoms with E-state index in [0.29, 0.717) is 10.1 Å². The van der Waals surface area contributed by atoms with Crippen molar-refractivity contribution in [1.29, 1.82) is 0 Å². The second-order valence-corrected chi connectivity index (χ2v) is 5.58. The lowest BCUT2D eigenvalue weighted by Gasteiger charge is -2.04. The smallest absolute Gasteiger partial charge is 0.275 e. The Morgan fingerprint density at radius 2 is 2.18 bits per heavy atom. The van der Waals surface area contributed by atoms with Gasteiger partial charge >= 0.3 is 0 Å². The van der Waals surface area contributed by atoms with Gasteiger partial charge in [-0.05, 0) is 25.5 Å². The van der Waals surface area contributed by atoms with E-state index in [0.717, 1.165) is 30.2 Å². The van der Waals surface area contributed by atoms with Gasteiger partial charge in [0.05, 0.1) is 11.9 Å². The van der Waals surface area contributed by atoms with Crippen molar-refractivity contribution in [2.24, 2.45) is 0 Å². The van der Waals surface area contributed by atoms with Gasteiger partial charge in [0.15, 0.2) is 0 Å². The number of aryl methyl sites for hydroxylation is 1. The maximum atomic E-state index is 12.0. The fraction of sp³-hybridized carbons (Fsp3) is 0.286. The van der Waals surface area contributed by atoms with Crippen LogP contribution in [0.2, 0.25) is 0 Å². The van der Waals surface area contributed by atoms with E-state index in [-0.39, 0.29) is 5.56 Å². The molecule has 0 aliphatic rings. The first-order valence-corrected chi connectivity index (χ1v) is 7.88. The number of hydrogen-bond donors (Lipinski definition) is 2. The van der Waals surface area contributed by atoms with Crippen LogP contribution in [0.25, 0.3) is 4.96 Å². The Morgan fingerprint density at radius 1 is 1.32 bits per heavy atom. The van der Waals surface area contributed by atoms with E-state index in [9.17, 15) is 4.79 Å². The Hall–Kier alpha value is -2.48. The van der Waals surface area contributed by atoms with Crippen LogP contribution in [-0.4, -0.2) is 26.1 Å². The second kappa shape index (κ2) is 6.10. The summed E-state index contributed by atoms with van der Waals surface area (Å²) in [6.45, 7) is 4.81. The van der Waals surface area contributed by atoms with Crippen molar-refractivity contribution in [2.45, 2.75) is 20.3 Å². The van der Waals surface area contributed by atoms with E-state index in [2.05, 4.69) is 25.7 Å². The Bertz CT molecular complexity index is 839. The summed E-state index contributed by atoms with van der Waals surface area (Å²) in [7, 11) is 0. The second-order valence-electron chi connectivity index (χ2n) is 4.63. The summed E-state index contributed by atoms with van der Waals surface area (Å²) in [6, 6.07) is 5.31. The number of hydrogen-bond acceptors (Lipinski definition) is 7. The topological polar surface area (TPSA) is 84.2 Å². The number of aromatic nitrogens is 4. The van der Waals surface area contributed by atoms with Crippen molar-refractivity contribution in [3.8, 4) is 0 Å². The van der Waals surface area contributed by atoms with Crippen molar-refractivity contribution < 1.29 is 0 Å². The monoisotopic (exact) mass is 316 g/mol. The van der Waals surface area contributed by atoms with Gasteiger partial charge in [0, 0.05) is 18.3 Å². The van der Waals surface area contributed by atoms with Crippen LogP contribution in [0.5, 0.6) is 0 Å². The molecule has 0 aliphatic heterocycles. The molecule has 0 aliphatic carbocycles. The lowest BCUT2D eigenvalue weighted by atomic mass is 10.3. The summed E-state index contributed by atoms with van der Waals surface area (Å²) in [5.41, 5.74) is 1.42. The van der Waals surface area contributed by atoms with Crippen LogP contribution in [-0.2, 0) is 6.42 Å². The highest BCUT2D eigenvalue weighted by molar-refractivity contribution is 7.20. The first-order valence-electron chi connectivity index (χ1n) is 7.06. The number of nitrogens with one attached hydrogen (secondary N) is 2. The molecule has 0 saturated carbocycles. The third-order valence-electron chi connectivity index (χ3n) is 3.03. The van der Waals surface area contributed by atoms with Gasteiger partial charge in [-0.3, -0.25) is 4.79 Å². The van der Waals surface area contributed by atoms with Crippen molar-refractivity contribution in [3.63, 3.8) is 0 Å². The molecule has 0 unspecified atom stereocenters. The summed E-state index contributed by atoms with van der Waals surface area (Å²) in [4.78, 5) is 21.2. The van der Waals surface area contributed by atoms with Gasteiger partial charge in [0.1, 0.15) is 5.82 Å². The molecular formula is C14H16N6OS. The minimum atomic E-state index is -0.160. The molecule has 0 amide bonds. The summed E-state index contributed by atoms with van der Waals surface area (Å²) in [5.74, 6) is 0.822. The molecule has 3 rings (SSSR count). The molecule has 0 bridgehead atoms. The minimum Gasteiger partial charge on any atom is -0.370 e. The van der Waals surface area contributed by atoms with Gasteiger partial charge in [0.2, 0.25) is 10.1 Å². The average Bonchev–Trinajstić information content (AvgIpc) is 2.92. The molecule has 0 atom stereocenters. The summed E-state index contributed by atoms with van der Waals surface area (Å²) in [5, 5.41) is 11.1. The zero-order valence-corrected chi connectivity index (χ0v) is 13.1. The van der Waals surface area contributed by atoms with E-state index in [4.69, 9.17) is 0 Å². The predicted octanol–water partition coefficient (Wildman–Crippen LogP) is 2.28. The zero-order valence-electron chi connectivity index (χ0n) is 12.3. The molecule has 0 radical (unpaired) electrons. The fourth-order valence-electron chi connectivity index (χ4n) is 1.96. The molecule has 7 nitrogen and oxygen atoms in total. The summed E-state index contributed by atoms with van der Waals surface area (Å²) >= 11 is 1.34. The third kappa shape index (κ3) is 2.91. The fourth-order valence-corrected chi connectivity index (χ4v) is 2.81. The molecule has 3 heterocycles. The van der Waals surface area contributed by atoms with Crippen LogP contribution in [0, 0.1) is 0 Å². The molecule has 0 spiro atoms. The Labute approximate surface area is 131 Å². The number of anilines is 3. The Morgan fingerprint density at radius 3 is 2.86 bits per heavy atom. The van der Waals surface area contributed by atoms with Gasteiger partial charge < -0.3 is 10.6 Å². The maximum absolute atomic E-state index is 12.0. The van der Waals surface area contributed by atoms with E-state index in [1.165, 1.54) is 21.9 Å². The van der Waals surface area contributed by atoms with Crippen molar-refractivity contribution in [3.05, 3.63) is 40.4 Å². The largest absolute Gasteiger partial charge is 0.370 e. The van der Waals surface area contributed by atoms with Crippen LogP contribution in [0.1, 0.15) is 19.5 Å². The van der Waals surface area contributed by atoms with Gasteiger partial charge in [-0.25, -0.2) is 9.97 Å². The molecule has 0 aromatic carbocycles. The highest BCUT2D eigenvalue weighted by Crippen LogP contribution is 2.21. The van der Waals surface area contributed by atoms with E-state index in [1.54, 1.807) is 6.20 Å². The van der Waals surface area contributed by atoms with Crippen LogP contribution in [0.15, 0.2) is 29.2 Å². The number of nitrogens with zero attached hydrogens (tertiary/aromatic N) is 4. The Kier molecular flexibility index (Phi) is 4.01. The van der Waals surface area contributed by atoms with Crippen molar-refractivity contribution >= 4 is 32.9 Å². The number of pyridine rings is 1. The van der Waals surface area contributed by atoms with E-state index >= 15 is 0 Å². The van der Waals surface area contributed by atoms with Crippen LogP contribution < -0.4 is 16.2 Å². The highest BCUT2D eigenvalue weighted by Gasteiger charge is 2.08. The quantitative estimate of drug-likeness (QED) is 0.751. The van der Waals surface area contributed by atoms with Gasteiger partial charge in [-0.2, -0.15) is 4.52 Å². The molecule has 3 aromatic heterocycles. The van der Waals surface area contributed by atoms with E-state index in [1.807, 2.05) is 26.0 Å². The normalized spacial score (nSPS) is 10.8. The van der Waals surface area contributed by atoms with Gasteiger partial charge in [-0.1, -0.05) is 18.3 Å². The molecule has 0 fully saturated rings. The molecule has 2 N–H and O–H groups in total. The lowest BCUT2D eigenvalue weighted by molar-refractivity contribution is 0.879.